The summed E-state index contributed by atoms with van der Waals surface area (Å²) in [6, 6.07) is 9.48. The molecule has 0 saturated carbocycles. The van der Waals surface area contributed by atoms with Gasteiger partial charge in [-0.2, -0.15) is 0 Å². The van der Waals surface area contributed by atoms with E-state index in [1.54, 1.807) is 55.6 Å². The predicted octanol–water partition coefficient (Wildman–Crippen LogP) is 2.69. The number of esters is 1. The number of benzene rings is 1. The molecule has 0 spiro atoms. The molecule has 1 aromatic heterocycles. The van der Waals surface area contributed by atoms with Crippen molar-refractivity contribution < 1.29 is 23.9 Å². The largest absolute Gasteiger partial charge is 0.495 e. The molecule has 1 atom stereocenters. The first-order chi connectivity index (χ1) is 12.9. The molecule has 2 amide bonds. The molecule has 0 fully saturated rings. The Hall–Kier alpha value is -2.87. The Morgan fingerprint density at radius 1 is 1.11 bits per heavy atom. The van der Waals surface area contributed by atoms with Gasteiger partial charge in [-0.1, -0.05) is 32.0 Å². The molecule has 0 bridgehead atoms. The average Bonchev–Trinajstić information content (AvgIpc) is 3.19. The monoisotopic (exact) mass is 390 g/mol. The average molecular weight is 390 g/mol. The van der Waals surface area contributed by atoms with Gasteiger partial charge in [0.2, 0.25) is 0 Å². The van der Waals surface area contributed by atoms with Crippen LogP contribution in [0.25, 0.3) is 0 Å². The third-order valence-corrected chi connectivity index (χ3v) is 4.55. The molecule has 1 unspecified atom stereocenters. The summed E-state index contributed by atoms with van der Waals surface area (Å²) in [5.41, 5.74) is 0.479. The van der Waals surface area contributed by atoms with Crippen molar-refractivity contribution >= 4 is 34.8 Å². The van der Waals surface area contributed by atoms with Crippen molar-refractivity contribution in [3.63, 3.8) is 0 Å². The second-order valence-electron chi connectivity index (χ2n) is 6.03. The molecule has 7 nitrogen and oxygen atoms in total. The van der Waals surface area contributed by atoms with Crippen molar-refractivity contribution in [2.24, 2.45) is 5.92 Å². The van der Waals surface area contributed by atoms with Crippen LogP contribution < -0.4 is 15.4 Å². The van der Waals surface area contributed by atoms with Crippen LogP contribution in [0.3, 0.4) is 0 Å². The maximum Gasteiger partial charge on any atom is 0.329 e. The Bertz CT molecular complexity index is 789. The Labute approximate surface area is 161 Å². The summed E-state index contributed by atoms with van der Waals surface area (Å²) in [5, 5.41) is 7.05. The minimum absolute atomic E-state index is 0.196. The number of methoxy groups -OCH3 is 1. The van der Waals surface area contributed by atoms with Crippen molar-refractivity contribution in [3.05, 3.63) is 46.7 Å². The summed E-state index contributed by atoms with van der Waals surface area (Å²) in [7, 11) is 1.49. The van der Waals surface area contributed by atoms with Crippen LogP contribution in [-0.2, 0) is 14.3 Å². The normalized spacial score (nSPS) is 11.6. The summed E-state index contributed by atoms with van der Waals surface area (Å²) in [6.07, 6.45) is 0. The van der Waals surface area contributed by atoms with E-state index in [0.717, 1.165) is 0 Å². The van der Waals surface area contributed by atoms with E-state index in [4.69, 9.17) is 9.47 Å². The lowest BCUT2D eigenvalue weighted by molar-refractivity contribution is -0.150. The fraction of sp³-hybridized carbons (Fsp3) is 0.316. The molecule has 2 N–H and O–H groups in total. The molecule has 8 heteroatoms. The lowest BCUT2D eigenvalue weighted by Crippen LogP contribution is -2.45. The number of anilines is 1. The highest BCUT2D eigenvalue weighted by molar-refractivity contribution is 7.12. The molecular formula is C19H22N2O5S. The number of nitrogens with one attached hydrogen (secondary N) is 2. The van der Waals surface area contributed by atoms with Crippen LogP contribution in [0.1, 0.15) is 23.5 Å². The van der Waals surface area contributed by atoms with E-state index < -0.39 is 24.5 Å². The van der Waals surface area contributed by atoms with Crippen molar-refractivity contribution in [1.29, 1.82) is 0 Å². The molecule has 1 heterocycles. The van der Waals surface area contributed by atoms with Crippen LogP contribution in [0, 0.1) is 5.92 Å². The summed E-state index contributed by atoms with van der Waals surface area (Å²) in [6.45, 7) is 3.11. The fourth-order valence-electron chi connectivity index (χ4n) is 2.28. The SMILES string of the molecule is COc1ccccc1NC(=O)COC(=O)C(NC(=O)c1cccs1)C(C)C. The number of rotatable bonds is 8. The Balaban J connectivity index is 1.91. The first-order valence-electron chi connectivity index (χ1n) is 8.36. The summed E-state index contributed by atoms with van der Waals surface area (Å²) < 4.78 is 10.2. The number of para-hydroxylation sites is 2. The van der Waals surface area contributed by atoms with Gasteiger partial charge in [0.15, 0.2) is 6.61 Å². The highest BCUT2D eigenvalue weighted by Gasteiger charge is 2.27. The Morgan fingerprint density at radius 2 is 1.85 bits per heavy atom. The van der Waals surface area contributed by atoms with Crippen molar-refractivity contribution in [3.8, 4) is 5.75 Å². The molecule has 0 aliphatic heterocycles. The van der Waals surface area contributed by atoms with Gasteiger partial charge in [0.25, 0.3) is 11.8 Å². The van der Waals surface area contributed by atoms with Gasteiger partial charge >= 0.3 is 5.97 Å². The van der Waals surface area contributed by atoms with Crippen LogP contribution in [0.2, 0.25) is 0 Å². The summed E-state index contributed by atoms with van der Waals surface area (Å²) >= 11 is 1.28. The second-order valence-corrected chi connectivity index (χ2v) is 6.98. The highest BCUT2D eigenvalue weighted by atomic mass is 32.1. The van der Waals surface area contributed by atoms with E-state index in [2.05, 4.69) is 10.6 Å². The summed E-state index contributed by atoms with van der Waals surface area (Å²) in [4.78, 5) is 37.1. The van der Waals surface area contributed by atoms with E-state index in [1.165, 1.54) is 18.4 Å². The van der Waals surface area contributed by atoms with E-state index in [-0.39, 0.29) is 11.8 Å². The number of amides is 2. The first-order valence-corrected chi connectivity index (χ1v) is 9.24. The standard InChI is InChI=1S/C19H22N2O5S/c1-12(2)17(21-18(23)15-9-6-10-27-15)19(24)26-11-16(22)20-13-7-4-5-8-14(13)25-3/h4-10,12,17H,11H2,1-3H3,(H,20,22)(H,21,23). The molecule has 2 rings (SSSR count). The van der Waals surface area contributed by atoms with Gasteiger partial charge in [-0.05, 0) is 29.5 Å². The maximum absolute atomic E-state index is 12.3. The maximum atomic E-state index is 12.3. The van der Waals surface area contributed by atoms with Gasteiger partial charge in [0, 0.05) is 0 Å². The third kappa shape index (κ3) is 5.82. The number of thiophene rings is 1. The van der Waals surface area contributed by atoms with Gasteiger partial charge in [-0.25, -0.2) is 4.79 Å². The molecule has 0 saturated heterocycles. The molecule has 1 aromatic carbocycles. The number of hydrogen-bond acceptors (Lipinski definition) is 6. The number of carbonyl (C=O) groups excluding carboxylic acids is 3. The van der Waals surface area contributed by atoms with Crippen LogP contribution >= 0.6 is 11.3 Å². The van der Waals surface area contributed by atoms with Gasteiger partial charge in [-0.15, -0.1) is 11.3 Å². The van der Waals surface area contributed by atoms with Crippen LogP contribution in [0.5, 0.6) is 5.75 Å². The Morgan fingerprint density at radius 3 is 2.48 bits per heavy atom. The zero-order valence-electron chi connectivity index (χ0n) is 15.4. The quantitative estimate of drug-likeness (QED) is 0.676. The minimum Gasteiger partial charge on any atom is -0.495 e. The van der Waals surface area contributed by atoms with Gasteiger partial charge in [0.1, 0.15) is 11.8 Å². The topological polar surface area (TPSA) is 93.7 Å². The molecule has 144 valence electrons. The zero-order valence-corrected chi connectivity index (χ0v) is 16.2. The van der Waals surface area contributed by atoms with E-state index in [1.807, 2.05) is 0 Å². The van der Waals surface area contributed by atoms with Crippen LogP contribution in [0.4, 0.5) is 5.69 Å². The lowest BCUT2D eigenvalue weighted by atomic mass is 10.0. The van der Waals surface area contributed by atoms with E-state index in [0.29, 0.717) is 16.3 Å². The zero-order chi connectivity index (χ0) is 19.8. The van der Waals surface area contributed by atoms with Crippen molar-refractivity contribution in [1.82, 2.24) is 5.32 Å². The highest BCUT2D eigenvalue weighted by Crippen LogP contribution is 2.22. The van der Waals surface area contributed by atoms with E-state index >= 15 is 0 Å². The smallest absolute Gasteiger partial charge is 0.329 e. The molecular weight excluding hydrogens is 368 g/mol. The molecule has 0 radical (unpaired) electrons. The van der Waals surface area contributed by atoms with E-state index in [9.17, 15) is 14.4 Å². The van der Waals surface area contributed by atoms with Crippen molar-refractivity contribution in [2.75, 3.05) is 19.0 Å². The predicted molar refractivity (Wildman–Crippen MR) is 103 cm³/mol. The van der Waals surface area contributed by atoms with Crippen molar-refractivity contribution in [2.45, 2.75) is 19.9 Å². The fourth-order valence-corrected chi connectivity index (χ4v) is 2.91. The first kappa shape index (κ1) is 20.4. The Kier molecular flexibility index (Phi) is 7.36. The van der Waals surface area contributed by atoms with Crippen LogP contribution in [0.15, 0.2) is 41.8 Å². The second kappa shape index (κ2) is 9.72. The third-order valence-electron chi connectivity index (χ3n) is 3.68. The lowest BCUT2D eigenvalue weighted by Gasteiger charge is -2.20. The van der Waals surface area contributed by atoms with Crippen LogP contribution in [-0.4, -0.2) is 37.5 Å². The number of hydrogen-bond donors (Lipinski definition) is 2. The molecule has 0 aliphatic carbocycles. The molecule has 2 aromatic rings. The molecule has 0 aliphatic rings. The minimum atomic E-state index is -0.848. The van der Waals surface area contributed by atoms with Gasteiger partial charge in [0.05, 0.1) is 17.7 Å². The number of carbonyl (C=O) groups is 3. The van der Waals surface area contributed by atoms with Gasteiger partial charge < -0.3 is 20.1 Å². The number of ether oxygens (including phenoxy) is 2. The summed E-state index contributed by atoms with van der Waals surface area (Å²) in [5.74, 6) is -1.21. The van der Waals surface area contributed by atoms with Gasteiger partial charge in [-0.3, -0.25) is 9.59 Å². The molecule has 27 heavy (non-hydrogen) atoms.